The Morgan fingerprint density at radius 1 is 1.21 bits per heavy atom. The number of carbonyl (C=O) groups excluding carboxylic acids is 1. The van der Waals surface area contributed by atoms with E-state index in [2.05, 4.69) is 0 Å². The van der Waals surface area contributed by atoms with E-state index in [1.165, 1.54) is 6.92 Å². The minimum absolute atomic E-state index is 0.184. The summed E-state index contributed by atoms with van der Waals surface area (Å²) >= 11 is 0. The van der Waals surface area contributed by atoms with Crippen molar-refractivity contribution in [3.05, 3.63) is 47.3 Å². The van der Waals surface area contributed by atoms with Crippen LogP contribution in [0.3, 0.4) is 0 Å². The van der Waals surface area contributed by atoms with E-state index in [0.717, 1.165) is 5.39 Å². The molecule has 0 aliphatic carbocycles. The lowest BCUT2D eigenvalue weighted by atomic mass is 10.2. The second-order valence-electron chi connectivity index (χ2n) is 3.13. The SMILES string of the molecule is CC(=O)c1ccc2ccccc2[n+]1[O-]. The maximum absolute atomic E-state index is 11.7. The lowest BCUT2D eigenvalue weighted by Gasteiger charge is -2.04. The van der Waals surface area contributed by atoms with E-state index in [0.29, 0.717) is 10.2 Å². The van der Waals surface area contributed by atoms with Crippen LogP contribution in [0.25, 0.3) is 10.9 Å². The lowest BCUT2D eigenvalue weighted by Crippen LogP contribution is -2.34. The average molecular weight is 187 g/mol. The third-order valence-corrected chi connectivity index (χ3v) is 2.16. The molecule has 1 aromatic heterocycles. The van der Waals surface area contributed by atoms with E-state index in [4.69, 9.17) is 0 Å². The molecule has 2 aromatic rings. The van der Waals surface area contributed by atoms with Gasteiger partial charge in [-0.1, -0.05) is 12.1 Å². The Labute approximate surface area is 81.2 Å². The van der Waals surface area contributed by atoms with Crippen LogP contribution in [0.15, 0.2) is 36.4 Å². The van der Waals surface area contributed by atoms with Gasteiger partial charge >= 0.3 is 0 Å². The van der Waals surface area contributed by atoms with Gasteiger partial charge in [0.05, 0.1) is 0 Å². The number of ketones is 1. The molecule has 1 heterocycles. The van der Waals surface area contributed by atoms with Gasteiger partial charge in [-0.3, -0.25) is 4.79 Å². The summed E-state index contributed by atoms with van der Waals surface area (Å²) in [6, 6.07) is 10.5. The molecule has 70 valence electrons. The summed E-state index contributed by atoms with van der Waals surface area (Å²) in [6.07, 6.45) is 0. The van der Waals surface area contributed by atoms with Crippen molar-refractivity contribution in [2.75, 3.05) is 0 Å². The molecular formula is C11H9NO2. The van der Waals surface area contributed by atoms with Crippen LogP contribution in [0, 0.1) is 5.21 Å². The van der Waals surface area contributed by atoms with Crippen LogP contribution in [0.4, 0.5) is 0 Å². The molecule has 0 aliphatic heterocycles. The van der Waals surface area contributed by atoms with Gasteiger partial charge in [0.2, 0.25) is 11.3 Å². The fourth-order valence-electron chi connectivity index (χ4n) is 1.44. The van der Waals surface area contributed by atoms with Crippen molar-refractivity contribution in [1.29, 1.82) is 0 Å². The van der Waals surface area contributed by atoms with Crippen LogP contribution in [-0.2, 0) is 0 Å². The summed E-state index contributed by atoms with van der Waals surface area (Å²) in [5.41, 5.74) is 0.712. The van der Waals surface area contributed by atoms with Gasteiger partial charge in [-0.25, -0.2) is 0 Å². The quantitative estimate of drug-likeness (QED) is 0.387. The molecule has 0 saturated heterocycles. The summed E-state index contributed by atoms with van der Waals surface area (Å²) in [5.74, 6) is -0.217. The summed E-state index contributed by atoms with van der Waals surface area (Å²) in [6.45, 7) is 1.39. The van der Waals surface area contributed by atoms with Gasteiger partial charge in [0.15, 0.2) is 0 Å². The number of hydrogen-bond acceptors (Lipinski definition) is 2. The van der Waals surface area contributed by atoms with Crippen molar-refractivity contribution in [3.63, 3.8) is 0 Å². The van der Waals surface area contributed by atoms with Crippen molar-refractivity contribution in [2.45, 2.75) is 6.92 Å². The molecule has 3 heteroatoms. The largest absolute Gasteiger partial charge is 0.618 e. The van der Waals surface area contributed by atoms with E-state index in [9.17, 15) is 10.0 Å². The van der Waals surface area contributed by atoms with Crippen LogP contribution in [-0.4, -0.2) is 5.78 Å². The molecule has 3 nitrogen and oxygen atoms in total. The Morgan fingerprint density at radius 2 is 1.93 bits per heavy atom. The first-order valence-electron chi connectivity index (χ1n) is 4.32. The van der Waals surface area contributed by atoms with Crippen molar-refractivity contribution in [2.24, 2.45) is 0 Å². The van der Waals surface area contributed by atoms with Gasteiger partial charge in [-0.15, -0.1) is 0 Å². The van der Waals surface area contributed by atoms with Crippen LogP contribution in [0.1, 0.15) is 17.4 Å². The van der Waals surface area contributed by atoms with E-state index in [-0.39, 0.29) is 11.5 Å². The Morgan fingerprint density at radius 3 is 2.64 bits per heavy atom. The third-order valence-electron chi connectivity index (χ3n) is 2.16. The normalized spacial score (nSPS) is 10.4. The predicted octanol–water partition coefficient (Wildman–Crippen LogP) is 1.68. The zero-order valence-corrected chi connectivity index (χ0v) is 7.73. The molecule has 0 saturated carbocycles. The van der Waals surface area contributed by atoms with Crippen LogP contribution in [0.5, 0.6) is 0 Å². The number of rotatable bonds is 1. The summed E-state index contributed by atoms with van der Waals surface area (Å²) in [5, 5.41) is 12.5. The predicted molar refractivity (Wildman–Crippen MR) is 52.9 cm³/mol. The molecular weight excluding hydrogens is 178 g/mol. The molecule has 0 unspecified atom stereocenters. The molecule has 0 radical (unpaired) electrons. The van der Waals surface area contributed by atoms with Gasteiger partial charge in [0.25, 0.3) is 5.69 Å². The molecule has 2 rings (SSSR count). The first-order valence-corrected chi connectivity index (χ1v) is 4.32. The Kier molecular flexibility index (Phi) is 1.93. The fraction of sp³-hybridized carbons (Fsp3) is 0.0909. The Hall–Kier alpha value is -1.90. The second kappa shape index (κ2) is 3.10. The van der Waals surface area contributed by atoms with Crippen molar-refractivity contribution >= 4 is 16.7 Å². The first kappa shape index (κ1) is 8.69. The molecule has 0 N–H and O–H groups in total. The average Bonchev–Trinajstić information content (AvgIpc) is 2.18. The van der Waals surface area contributed by atoms with Gasteiger partial charge in [0, 0.05) is 24.4 Å². The summed E-state index contributed by atoms with van der Waals surface area (Å²) in [4.78, 5) is 11.1. The number of pyridine rings is 1. The number of carbonyl (C=O) groups is 1. The standard InChI is InChI=1S/C11H9NO2/c1-8(13)10-7-6-9-4-2-3-5-11(9)12(10)14/h2-7H,1H3. The number of hydrogen-bond donors (Lipinski definition) is 0. The fourth-order valence-corrected chi connectivity index (χ4v) is 1.44. The van der Waals surface area contributed by atoms with Gasteiger partial charge in [-0.05, 0) is 12.1 Å². The zero-order valence-electron chi connectivity index (χ0n) is 7.73. The van der Waals surface area contributed by atoms with Crippen molar-refractivity contribution < 1.29 is 9.52 Å². The third kappa shape index (κ3) is 1.23. The van der Waals surface area contributed by atoms with Crippen LogP contribution < -0.4 is 4.73 Å². The van der Waals surface area contributed by atoms with Gasteiger partial charge in [0.1, 0.15) is 0 Å². The molecule has 0 aliphatic rings. The molecule has 0 amide bonds. The van der Waals surface area contributed by atoms with Crippen LogP contribution >= 0.6 is 0 Å². The van der Waals surface area contributed by atoms with E-state index in [1.54, 1.807) is 24.3 Å². The number of aromatic nitrogens is 1. The topological polar surface area (TPSA) is 44.0 Å². The lowest BCUT2D eigenvalue weighted by molar-refractivity contribution is -0.579. The molecule has 0 atom stereocenters. The summed E-state index contributed by atoms with van der Waals surface area (Å²) in [7, 11) is 0. The van der Waals surface area contributed by atoms with Gasteiger partial charge in [-0.2, -0.15) is 4.73 Å². The molecule has 14 heavy (non-hydrogen) atoms. The van der Waals surface area contributed by atoms with Crippen molar-refractivity contribution in [3.8, 4) is 0 Å². The Balaban J connectivity index is 2.81. The highest BCUT2D eigenvalue weighted by atomic mass is 16.5. The second-order valence-corrected chi connectivity index (χ2v) is 3.13. The Bertz CT molecular complexity index is 506. The number of fused-ring (bicyclic) bond motifs is 1. The zero-order chi connectivity index (χ0) is 10.1. The molecule has 1 aromatic carbocycles. The first-order chi connectivity index (χ1) is 6.70. The number of nitrogens with zero attached hydrogens (tertiary/aromatic N) is 1. The maximum atomic E-state index is 11.7. The van der Waals surface area contributed by atoms with E-state index in [1.807, 2.05) is 12.1 Å². The highest BCUT2D eigenvalue weighted by Crippen LogP contribution is 2.09. The highest BCUT2D eigenvalue weighted by Gasteiger charge is 2.13. The van der Waals surface area contributed by atoms with Crippen molar-refractivity contribution in [1.82, 2.24) is 0 Å². The van der Waals surface area contributed by atoms with E-state index < -0.39 is 0 Å². The number of para-hydroxylation sites is 1. The highest BCUT2D eigenvalue weighted by molar-refractivity contribution is 5.92. The number of Topliss-reactive ketones (excluding diaryl/α,β-unsaturated/α-hetero) is 1. The minimum Gasteiger partial charge on any atom is -0.618 e. The monoisotopic (exact) mass is 187 g/mol. The smallest absolute Gasteiger partial charge is 0.260 e. The molecule has 0 fully saturated rings. The number of benzene rings is 1. The van der Waals surface area contributed by atoms with E-state index >= 15 is 0 Å². The summed E-state index contributed by atoms with van der Waals surface area (Å²) < 4.78 is 0.678. The maximum Gasteiger partial charge on any atom is 0.260 e. The molecule has 0 spiro atoms. The molecule has 0 bridgehead atoms. The minimum atomic E-state index is -0.217. The van der Waals surface area contributed by atoms with Gasteiger partial charge < -0.3 is 5.21 Å². The van der Waals surface area contributed by atoms with Crippen LogP contribution in [0.2, 0.25) is 0 Å².